The Labute approximate surface area is 82.6 Å². The van der Waals surface area contributed by atoms with E-state index in [1.54, 1.807) is 0 Å². The molecule has 1 aromatic carbocycles. The molecule has 0 aromatic heterocycles. The first kappa shape index (κ1) is 11.3. The maximum Gasteiger partial charge on any atom is 0.119 e. The van der Waals surface area contributed by atoms with E-state index in [0.29, 0.717) is 6.61 Å². The van der Waals surface area contributed by atoms with Gasteiger partial charge in [-0.2, -0.15) is 0 Å². The zero-order valence-electron chi connectivity index (χ0n) is 6.91. The molecule has 0 spiro atoms. The second kappa shape index (κ2) is 5.85. The highest BCUT2D eigenvalue weighted by Crippen LogP contribution is 2.14. The van der Waals surface area contributed by atoms with Gasteiger partial charge in [0, 0.05) is 5.69 Å². The minimum absolute atomic E-state index is 0. The van der Waals surface area contributed by atoms with Crippen molar-refractivity contribution in [2.24, 2.45) is 5.84 Å². The molecule has 68 valence electrons. The molecule has 0 unspecified atom stereocenters. The molecule has 1 rings (SSSR count). The van der Waals surface area contributed by atoms with Crippen molar-refractivity contribution in [1.82, 2.24) is 0 Å². The van der Waals surface area contributed by atoms with Gasteiger partial charge in [-0.1, -0.05) is 0 Å². The van der Waals surface area contributed by atoms with Crippen molar-refractivity contribution in [3.63, 3.8) is 0 Å². The van der Waals surface area contributed by atoms with Crippen molar-refractivity contribution in [2.45, 2.75) is 6.92 Å². The van der Waals surface area contributed by atoms with Gasteiger partial charge in [0.2, 0.25) is 0 Å². The summed E-state index contributed by atoms with van der Waals surface area (Å²) in [4.78, 5) is 0. The van der Waals surface area contributed by atoms with E-state index in [0.717, 1.165) is 11.4 Å². The van der Waals surface area contributed by atoms with E-state index >= 15 is 0 Å². The summed E-state index contributed by atoms with van der Waals surface area (Å²) in [5, 5.41) is 0. The second-order valence-corrected chi connectivity index (χ2v) is 2.10. The first-order valence-electron chi connectivity index (χ1n) is 3.56. The number of nitrogens with one attached hydrogen (secondary N) is 1. The number of ether oxygens (including phenoxy) is 1. The molecule has 0 saturated heterocycles. The lowest BCUT2D eigenvalue weighted by atomic mass is 10.3. The summed E-state index contributed by atoms with van der Waals surface area (Å²) < 4.78 is 5.24. The van der Waals surface area contributed by atoms with Crippen molar-refractivity contribution in [1.29, 1.82) is 0 Å². The summed E-state index contributed by atoms with van der Waals surface area (Å²) in [7, 11) is 0. The highest BCUT2D eigenvalue weighted by atomic mass is 79.9. The molecular weight excluding hydrogens is 220 g/mol. The zero-order valence-corrected chi connectivity index (χ0v) is 8.62. The molecular formula is C8H13BrN2O. The number of halogens is 1. The van der Waals surface area contributed by atoms with Gasteiger partial charge < -0.3 is 10.2 Å². The van der Waals surface area contributed by atoms with Crippen LogP contribution in [0.4, 0.5) is 5.69 Å². The van der Waals surface area contributed by atoms with Gasteiger partial charge in [-0.15, -0.1) is 17.0 Å². The van der Waals surface area contributed by atoms with Crippen LogP contribution in [0.3, 0.4) is 0 Å². The van der Waals surface area contributed by atoms with Gasteiger partial charge in [0.25, 0.3) is 0 Å². The van der Waals surface area contributed by atoms with E-state index in [9.17, 15) is 0 Å². The lowest BCUT2D eigenvalue weighted by Crippen LogP contribution is -2.06. The smallest absolute Gasteiger partial charge is 0.119 e. The molecule has 0 bridgehead atoms. The summed E-state index contributed by atoms with van der Waals surface area (Å²) in [5.41, 5.74) is 3.42. The lowest BCUT2D eigenvalue weighted by Gasteiger charge is -2.03. The Hall–Kier alpha value is -0.740. The van der Waals surface area contributed by atoms with Gasteiger partial charge in [0.1, 0.15) is 5.75 Å². The van der Waals surface area contributed by atoms with Gasteiger partial charge >= 0.3 is 0 Å². The zero-order chi connectivity index (χ0) is 8.10. The van der Waals surface area contributed by atoms with Crippen LogP contribution in [0.1, 0.15) is 6.92 Å². The Kier molecular flexibility index (Phi) is 5.49. The van der Waals surface area contributed by atoms with Crippen LogP contribution in [-0.2, 0) is 0 Å². The number of hydrogen-bond acceptors (Lipinski definition) is 3. The monoisotopic (exact) mass is 232 g/mol. The Bertz CT molecular complexity index is 213. The lowest BCUT2D eigenvalue weighted by molar-refractivity contribution is 0.340. The summed E-state index contributed by atoms with van der Waals surface area (Å²) >= 11 is 0. The van der Waals surface area contributed by atoms with E-state index in [4.69, 9.17) is 10.6 Å². The molecule has 1 aromatic rings. The van der Waals surface area contributed by atoms with Crippen LogP contribution in [-0.4, -0.2) is 6.61 Å². The minimum Gasteiger partial charge on any atom is -0.494 e. The summed E-state index contributed by atoms with van der Waals surface area (Å²) in [6.45, 7) is 2.64. The Balaban J connectivity index is 0.00000121. The fraction of sp³-hybridized carbons (Fsp3) is 0.250. The molecule has 0 aliphatic carbocycles. The molecule has 0 atom stereocenters. The maximum atomic E-state index is 5.24. The number of rotatable bonds is 3. The number of anilines is 1. The van der Waals surface area contributed by atoms with Crippen molar-refractivity contribution in [2.75, 3.05) is 12.0 Å². The number of hydrazine groups is 1. The van der Waals surface area contributed by atoms with Crippen molar-refractivity contribution in [3.05, 3.63) is 24.3 Å². The number of nitrogens with two attached hydrogens (primary N) is 1. The first-order valence-corrected chi connectivity index (χ1v) is 3.56. The maximum absolute atomic E-state index is 5.24. The van der Waals surface area contributed by atoms with Crippen LogP contribution in [0.5, 0.6) is 5.75 Å². The molecule has 0 fully saturated rings. The summed E-state index contributed by atoms with van der Waals surface area (Å²) in [5.74, 6) is 6.05. The molecule has 0 saturated carbocycles. The molecule has 0 radical (unpaired) electrons. The van der Waals surface area contributed by atoms with Crippen molar-refractivity contribution in [3.8, 4) is 5.75 Å². The highest BCUT2D eigenvalue weighted by molar-refractivity contribution is 8.93. The molecule has 0 amide bonds. The van der Waals surface area contributed by atoms with Crippen LogP contribution in [0, 0.1) is 0 Å². The predicted octanol–water partition coefficient (Wildman–Crippen LogP) is 1.95. The fourth-order valence-corrected chi connectivity index (χ4v) is 0.814. The second-order valence-electron chi connectivity index (χ2n) is 2.10. The molecule has 3 nitrogen and oxygen atoms in total. The van der Waals surface area contributed by atoms with Crippen LogP contribution in [0.15, 0.2) is 24.3 Å². The van der Waals surface area contributed by atoms with Crippen LogP contribution >= 0.6 is 17.0 Å². The Morgan fingerprint density at radius 1 is 1.33 bits per heavy atom. The quantitative estimate of drug-likeness (QED) is 0.619. The molecule has 0 aliphatic rings. The van der Waals surface area contributed by atoms with E-state index in [1.807, 2.05) is 31.2 Å². The SMILES string of the molecule is Br.CCOc1ccc(NN)cc1. The predicted molar refractivity (Wildman–Crippen MR) is 55.7 cm³/mol. The molecule has 3 N–H and O–H groups in total. The van der Waals surface area contributed by atoms with E-state index in [1.165, 1.54) is 0 Å². The first-order chi connectivity index (χ1) is 5.36. The summed E-state index contributed by atoms with van der Waals surface area (Å²) in [6, 6.07) is 7.48. The summed E-state index contributed by atoms with van der Waals surface area (Å²) in [6.07, 6.45) is 0. The average Bonchev–Trinajstić information content (AvgIpc) is 2.07. The van der Waals surface area contributed by atoms with Crippen LogP contribution < -0.4 is 16.0 Å². The minimum atomic E-state index is 0. The van der Waals surface area contributed by atoms with E-state index < -0.39 is 0 Å². The topological polar surface area (TPSA) is 47.3 Å². The highest BCUT2D eigenvalue weighted by Gasteiger charge is 1.90. The Morgan fingerprint density at radius 3 is 2.33 bits per heavy atom. The van der Waals surface area contributed by atoms with Crippen LogP contribution in [0.2, 0.25) is 0 Å². The third-order valence-electron chi connectivity index (χ3n) is 1.33. The molecule has 4 heteroatoms. The largest absolute Gasteiger partial charge is 0.494 e. The third kappa shape index (κ3) is 3.11. The van der Waals surface area contributed by atoms with Gasteiger partial charge in [0.05, 0.1) is 6.61 Å². The van der Waals surface area contributed by atoms with Gasteiger partial charge in [0.15, 0.2) is 0 Å². The van der Waals surface area contributed by atoms with Crippen LogP contribution in [0.25, 0.3) is 0 Å². The third-order valence-corrected chi connectivity index (χ3v) is 1.33. The average molecular weight is 233 g/mol. The normalized spacial score (nSPS) is 8.50. The van der Waals surface area contributed by atoms with Gasteiger partial charge in [-0.3, -0.25) is 5.84 Å². The van der Waals surface area contributed by atoms with Crippen molar-refractivity contribution < 1.29 is 4.74 Å². The molecule has 12 heavy (non-hydrogen) atoms. The number of hydrogen-bond donors (Lipinski definition) is 2. The van der Waals surface area contributed by atoms with Crippen molar-refractivity contribution >= 4 is 22.7 Å². The van der Waals surface area contributed by atoms with E-state index in [-0.39, 0.29) is 17.0 Å². The Morgan fingerprint density at radius 2 is 1.92 bits per heavy atom. The van der Waals surface area contributed by atoms with Gasteiger partial charge in [-0.05, 0) is 31.2 Å². The van der Waals surface area contributed by atoms with E-state index in [2.05, 4.69) is 5.43 Å². The fourth-order valence-electron chi connectivity index (χ4n) is 0.814. The van der Waals surface area contributed by atoms with Gasteiger partial charge in [-0.25, -0.2) is 0 Å². The number of benzene rings is 1. The molecule has 0 aliphatic heterocycles. The molecule has 0 heterocycles. The standard InChI is InChI=1S/C8H12N2O.BrH/c1-2-11-8-5-3-7(10-9)4-6-8;/h3-6,10H,2,9H2,1H3;1H. The number of nitrogen functional groups attached to an aromatic ring is 1.